The van der Waals surface area contributed by atoms with E-state index < -0.39 is 0 Å². The molecule has 0 saturated heterocycles. The van der Waals surface area contributed by atoms with Gasteiger partial charge in [0.05, 0.1) is 30.4 Å². The maximum atomic E-state index is 13.2. The molecule has 28 heavy (non-hydrogen) atoms. The first-order chi connectivity index (χ1) is 13.7. The van der Waals surface area contributed by atoms with Gasteiger partial charge in [-0.1, -0.05) is 18.2 Å². The summed E-state index contributed by atoms with van der Waals surface area (Å²) in [6, 6.07) is 15.2. The van der Waals surface area contributed by atoms with E-state index >= 15 is 0 Å². The molecule has 3 heterocycles. The molecule has 0 N–H and O–H groups in total. The number of amides is 1. The van der Waals surface area contributed by atoms with Crippen LogP contribution in [0.15, 0.2) is 69.4 Å². The molecular weight excluding hydrogens is 374 g/mol. The molecule has 144 valence electrons. The van der Waals surface area contributed by atoms with Crippen molar-refractivity contribution in [2.24, 2.45) is 0 Å². The fraction of sp³-hybridized carbons (Fsp3) is 0.238. The molecule has 0 unspecified atom stereocenters. The summed E-state index contributed by atoms with van der Waals surface area (Å²) in [5.41, 5.74) is 1.46. The Bertz CT molecular complexity index is 1090. The minimum Gasteiger partial charge on any atom is -0.467 e. The molecule has 0 spiro atoms. The van der Waals surface area contributed by atoms with Crippen LogP contribution in [0.1, 0.15) is 17.6 Å². The number of furan rings is 1. The van der Waals surface area contributed by atoms with Gasteiger partial charge in [0.25, 0.3) is 0 Å². The average Bonchev–Trinajstić information content (AvgIpc) is 3.44. The molecule has 4 aromatic rings. The smallest absolute Gasteiger partial charge is 0.329 e. The van der Waals surface area contributed by atoms with Crippen LogP contribution in [0.3, 0.4) is 0 Å². The van der Waals surface area contributed by atoms with Crippen molar-refractivity contribution < 1.29 is 9.21 Å². The second kappa shape index (κ2) is 7.90. The van der Waals surface area contributed by atoms with Crippen molar-refractivity contribution in [2.75, 3.05) is 0 Å². The average molecular weight is 395 g/mol. The molecule has 0 aliphatic rings. The maximum Gasteiger partial charge on any atom is 0.329 e. The number of para-hydroxylation sites is 2. The highest BCUT2D eigenvalue weighted by Crippen LogP contribution is 2.17. The molecule has 0 atom stereocenters. The Balaban J connectivity index is 1.65. The molecule has 1 aromatic carbocycles. The summed E-state index contributed by atoms with van der Waals surface area (Å²) in [7, 11) is 0. The monoisotopic (exact) mass is 395 g/mol. The van der Waals surface area contributed by atoms with E-state index in [1.54, 1.807) is 31.6 Å². The molecule has 0 aliphatic carbocycles. The zero-order valence-electron chi connectivity index (χ0n) is 15.6. The fourth-order valence-electron chi connectivity index (χ4n) is 3.38. The lowest BCUT2D eigenvalue weighted by Crippen LogP contribution is -2.36. The molecular formula is C21H21N3O3S. The number of aromatic nitrogens is 2. The second-order valence-electron chi connectivity index (χ2n) is 6.51. The number of thiophene rings is 1. The number of carbonyl (C=O) groups excluding carboxylic acids is 1. The summed E-state index contributed by atoms with van der Waals surface area (Å²) < 4.78 is 8.69. The van der Waals surface area contributed by atoms with E-state index in [-0.39, 0.29) is 18.1 Å². The number of benzene rings is 1. The summed E-state index contributed by atoms with van der Waals surface area (Å²) in [4.78, 5) is 28.8. The first-order valence-electron chi connectivity index (χ1n) is 9.18. The summed E-state index contributed by atoms with van der Waals surface area (Å²) >= 11 is 1.60. The SMILES string of the molecule is CCn1c(=O)n(CC(=O)N(Cc2ccco2)Cc2cccs2)c2ccccc21. The van der Waals surface area contributed by atoms with Gasteiger partial charge in [-0.25, -0.2) is 4.79 Å². The Morgan fingerprint density at radius 1 is 1.04 bits per heavy atom. The van der Waals surface area contributed by atoms with Crippen LogP contribution in [0.25, 0.3) is 11.0 Å². The Morgan fingerprint density at radius 3 is 2.46 bits per heavy atom. The number of hydrogen-bond acceptors (Lipinski definition) is 4. The molecule has 0 radical (unpaired) electrons. The van der Waals surface area contributed by atoms with Crippen molar-refractivity contribution in [3.63, 3.8) is 0 Å². The minimum atomic E-state index is -0.161. The van der Waals surface area contributed by atoms with E-state index in [4.69, 9.17) is 4.42 Å². The predicted molar refractivity (Wildman–Crippen MR) is 109 cm³/mol. The van der Waals surface area contributed by atoms with Crippen molar-refractivity contribution in [2.45, 2.75) is 33.1 Å². The van der Waals surface area contributed by atoms with Gasteiger partial charge in [0, 0.05) is 11.4 Å². The number of aryl methyl sites for hydroxylation is 1. The number of rotatable bonds is 7. The van der Waals surface area contributed by atoms with Gasteiger partial charge in [0.1, 0.15) is 12.3 Å². The van der Waals surface area contributed by atoms with E-state index in [2.05, 4.69) is 0 Å². The molecule has 0 bridgehead atoms. The van der Waals surface area contributed by atoms with E-state index in [0.717, 1.165) is 15.9 Å². The standard InChI is InChI=1S/C21H21N3O3S/c1-2-23-18-9-3-4-10-19(18)24(21(23)26)15-20(25)22(13-16-7-5-11-27-16)14-17-8-6-12-28-17/h3-12H,2,13-15H2,1H3. The highest BCUT2D eigenvalue weighted by Gasteiger charge is 2.20. The van der Waals surface area contributed by atoms with Crippen LogP contribution in [0.2, 0.25) is 0 Å². The van der Waals surface area contributed by atoms with E-state index in [1.807, 2.05) is 60.8 Å². The minimum absolute atomic E-state index is 0.00156. The van der Waals surface area contributed by atoms with Gasteiger partial charge in [-0.3, -0.25) is 13.9 Å². The number of imidazole rings is 1. The van der Waals surface area contributed by atoms with Crippen molar-refractivity contribution in [3.8, 4) is 0 Å². The fourth-order valence-corrected chi connectivity index (χ4v) is 4.10. The van der Waals surface area contributed by atoms with Crippen LogP contribution in [-0.2, 0) is 31.0 Å². The molecule has 7 heteroatoms. The van der Waals surface area contributed by atoms with Gasteiger partial charge >= 0.3 is 5.69 Å². The lowest BCUT2D eigenvalue weighted by atomic mass is 10.3. The zero-order valence-corrected chi connectivity index (χ0v) is 16.4. The third kappa shape index (κ3) is 3.53. The van der Waals surface area contributed by atoms with Crippen LogP contribution in [0.5, 0.6) is 0 Å². The number of fused-ring (bicyclic) bond motifs is 1. The van der Waals surface area contributed by atoms with Gasteiger partial charge < -0.3 is 9.32 Å². The summed E-state index contributed by atoms with van der Waals surface area (Å²) in [5.74, 6) is 0.596. The summed E-state index contributed by atoms with van der Waals surface area (Å²) in [6.45, 7) is 3.34. The van der Waals surface area contributed by atoms with Crippen LogP contribution in [-0.4, -0.2) is 19.9 Å². The molecule has 6 nitrogen and oxygen atoms in total. The molecule has 0 fully saturated rings. The van der Waals surface area contributed by atoms with Crippen molar-refractivity contribution in [1.29, 1.82) is 0 Å². The first kappa shape index (κ1) is 18.3. The largest absolute Gasteiger partial charge is 0.467 e. The van der Waals surface area contributed by atoms with E-state index in [9.17, 15) is 9.59 Å². The Morgan fingerprint density at radius 2 is 1.82 bits per heavy atom. The van der Waals surface area contributed by atoms with Crippen molar-refractivity contribution >= 4 is 28.3 Å². The second-order valence-corrected chi connectivity index (χ2v) is 7.54. The van der Waals surface area contributed by atoms with Crippen LogP contribution in [0, 0.1) is 0 Å². The van der Waals surface area contributed by atoms with Crippen LogP contribution < -0.4 is 5.69 Å². The molecule has 4 rings (SSSR count). The lowest BCUT2D eigenvalue weighted by Gasteiger charge is -2.21. The van der Waals surface area contributed by atoms with Crippen molar-refractivity contribution in [3.05, 3.63) is 81.3 Å². The quantitative estimate of drug-likeness (QED) is 0.479. The normalized spacial score (nSPS) is 11.2. The molecule has 0 saturated carbocycles. The van der Waals surface area contributed by atoms with Gasteiger partial charge in [0.15, 0.2) is 0 Å². The number of nitrogens with zero attached hydrogens (tertiary/aromatic N) is 3. The Kier molecular flexibility index (Phi) is 5.16. The van der Waals surface area contributed by atoms with Gasteiger partial charge in [-0.05, 0) is 42.6 Å². The summed E-state index contributed by atoms with van der Waals surface area (Å²) in [6.07, 6.45) is 1.60. The number of carbonyl (C=O) groups is 1. The highest BCUT2D eigenvalue weighted by atomic mass is 32.1. The molecule has 3 aromatic heterocycles. The maximum absolute atomic E-state index is 13.2. The Labute approximate surface area is 166 Å². The lowest BCUT2D eigenvalue weighted by molar-refractivity contribution is -0.133. The summed E-state index contributed by atoms with van der Waals surface area (Å²) in [5, 5.41) is 1.99. The van der Waals surface area contributed by atoms with Gasteiger partial charge in [-0.2, -0.15) is 0 Å². The molecule has 0 aliphatic heterocycles. The first-order valence-corrected chi connectivity index (χ1v) is 10.1. The Hall–Kier alpha value is -3.06. The van der Waals surface area contributed by atoms with Gasteiger partial charge in [-0.15, -0.1) is 11.3 Å². The third-order valence-corrected chi connectivity index (χ3v) is 5.60. The predicted octanol–water partition coefficient (Wildman–Crippen LogP) is 3.71. The van der Waals surface area contributed by atoms with Crippen LogP contribution >= 0.6 is 11.3 Å². The van der Waals surface area contributed by atoms with E-state index in [1.165, 1.54) is 0 Å². The van der Waals surface area contributed by atoms with E-state index in [0.29, 0.717) is 25.4 Å². The van der Waals surface area contributed by atoms with Crippen molar-refractivity contribution in [1.82, 2.24) is 14.0 Å². The zero-order chi connectivity index (χ0) is 19.5. The number of hydrogen-bond donors (Lipinski definition) is 0. The van der Waals surface area contributed by atoms with Gasteiger partial charge in [0.2, 0.25) is 5.91 Å². The van der Waals surface area contributed by atoms with Crippen LogP contribution in [0.4, 0.5) is 0 Å². The third-order valence-electron chi connectivity index (χ3n) is 4.74. The topological polar surface area (TPSA) is 60.4 Å². The molecule has 1 amide bonds. The highest BCUT2D eigenvalue weighted by molar-refractivity contribution is 7.09.